The van der Waals surface area contributed by atoms with E-state index >= 15 is 0 Å². The highest BCUT2D eigenvalue weighted by molar-refractivity contribution is 7.93. The molecule has 4 N–H and O–H groups in total. The first-order chi connectivity index (χ1) is 7.63. The maximum atomic E-state index is 11.9. The van der Waals surface area contributed by atoms with E-state index in [2.05, 4.69) is 14.9 Å². The van der Waals surface area contributed by atoms with Crippen molar-refractivity contribution in [3.63, 3.8) is 0 Å². The predicted octanol–water partition coefficient (Wildman–Crippen LogP) is 0.731. The summed E-state index contributed by atoms with van der Waals surface area (Å²) < 4.78 is 26.3. The average molecular weight is 258 g/mol. The minimum atomic E-state index is -3.56. The lowest BCUT2D eigenvalue weighted by Gasteiger charge is -2.05. The minimum absolute atomic E-state index is 0.208. The highest BCUT2D eigenvalue weighted by atomic mass is 32.2. The summed E-state index contributed by atoms with van der Waals surface area (Å²) in [6.07, 6.45) is 2.86. The molecule has 0 saturated carbocycles. The van der Waals surface area contributed by atoms with Gasteiger partial charge < -0.3 is 5.73 Å². The third-order valence-electron chi connectivity index (χ3n) is 1.93. The molecule has 0 aliphatic heterocycles. The Bertz CT molecular complexity index is 559. The zero-order chi connectivity index (χ0) is 11.6. The molecule has 0 fully saturated rings. The first kappa shape index (κ1) is 11.1. The quantitative estimate of drug-likeness (QED) is 0.752. The van der Waals surface area contributed by atoms with Crippen molar-refractivity contribution < 1.29 is 8.42 Å². The molecule has 0 aromatic carbocycles. The first-order valence-corrected chi connectivity index (χ1v) is 6.78. The molecule has 0 aliphatic carbocycles. The maximum Gasteiger partial charge on any atom is 0.263 e. The van der Waals surface area contributed by atoms with E-state index in [0.717, 1.165) is 0 Å². The number of nitrogens with two attached hydrogens (primary N) is 1. The Balaban J connectivity index is 2.33. The van der Waals surface area contributed by atoms with E-state index in [1.165, 1.54) is 29.8 Å². The summed E-state index contributed by atoms with van der Waals surface area (Å²) >= 11 is 1.32. The molecule has 0 spiro atoms. The second-order valence-electron chi connectivity index (χ2n) is 3.00. The summed E-state index contributed by atoms with van der Waals surface area (Å²) in [5.41, 5.74) is 5.86. The molecule has 0 amide bonds. The van der Waals surface area contributed by atoms with Gasteiger partial charge in [0.25, 0.3) is 10.0 Å². The van der Waals surface area contributed by atoms with E-state index in [1.807, 2.05) is 0 Å². The molecule has 2 heterocycles. The van der Waals surface area contributed by atoms with Gasteiger partial charge in [-0.25, -0.2) is 8.42 Å². The van der Waals surface area contributed by atoms with Gasteiger partial charge >= 0.3 is 0 Å². The number of hydrogen-bond acceptors (Lipinski definition) is 5. The number of sulfonamides is 1. The summed E-state index contributed by atoms with van der Waals surface area (Å²) in [7, 11) is -3.56. The van der Waals surface area contributed by atoms with Gasteiger partial charge in [-0.3, -0.25) is 9.82 Å². The molecule has 16 heavy (non-hydrogen) atoms. The van der Waals surface area contributed by atoms with Gasteiger partial charge in [-0.1, -0.05) is 0 Å². The number of nitrogens with one attached hydrogen (secondary N) is 2. The van der Waals surface area contributed by atoms with Crippen LogP contribution in [0.1, 0.15) is 4.88 Å². The summed E-state index contributed by atoms with van der Waals surface area (Å²) in [6, 6.07) is 1.54. The van der Waals surface area contributed by atoms with Crippen LogP contribution >= 0.6 is 11.3 Å². The number of anilines is 1. The Kier molecular flexibility index (Phi) is 2.95. The zero-order valence-electron chi connectivity index (χ0n) is 8.17. The number of nitrogens with zero attached hydrogens (tertiary/aromatic N) is 1. The van der Waals surface area contributed by atoms with Crippen LogP contribution in [0.15, 0.2) is 28.7 Å². The molecule has 2 aromatic rings. The van der Waals surface area contributed by atoms with Crippen molar-refractivity contribution in [3.05, 3.63) is 28.7 Å². The monoisotopic (exact) mass is 258 g/mol. The van der Waals surface area contributed by atoms with Gasteiger partial charge in [-0.05, 0) is 11.4 Å². The lowest BCUT2D eigenvalue weighted by Crippen LogP contribution is -2.14. The smallest absolute Gasteiger partial charge is 0.263 e. The van der Waals surface area contributed by atoms with Crippen LogP contribution in [0.5, 0.6) is 0 Å². The highest BCUT2D eigenvalue weighted by Crippen LogP contribution is 2.23. The Hall–Kier alpha value is -1.38. The van der Waals surface area contributed by atoms with Crippen molar-refractivity contribution in [2.45, 2.75) is 11.4 Å². The SMILES string of the molecule is NCc1sccc1S(=O)(=O)Nc1cn[nH]c1. The fourth-order valence-electron chi connectivity index (χ4n) is 1.23. The van der Waals surface area contributed by atoms with Crippen molar-refractivity contribution >= 4 is 27.0 Å². The van der Waals surface area contributed by atoms with E-state index in [0.29, 0.717) is 10.6 Å². The van der Waals surface area contributed by atoms with Gasteiger partial charge in [0.05, 0.1) is 11.9 Å². The lowest BCUT2D eigenvalue weighted by atomic mass is 10.5. The van der Waals surface area contributed by atoms with Crippen LogP contribution in [0.3, 0.4) is 0 Å². The molecule has 8 heteroatoms. The molecule has 0 saturated heterocycles. The van der Waals surface area contributed by atoms with Crippen LogP contribution in [0, 0.1) is 0 Å². The van der Waals surface area contributed by atoms with E-state index in [1.54, 1.807) is 5.38 Å². The Morgan fingerprint density at radius 1 is 1.56 bits per heavy atom. The molecule has 2 rings (SSSR count). The van der Waals surface area contributed by atoms with Crippen molar-refractivity contribution in [1.29, 1.82) is 0 Å². The minimum Gasteiger partial charge on any atom is -0.326 e. The fraction of sp³-hybridized carbons (Fsp3) is 0.125. The van der Waals surface area contributed by atoms with Gasteiger partial charge in [0.2, 0.25) is 0 Å². The third kappa shape index (κ3) is 2.08. The number of aromatic nitrogens is 2. The van der Waals surface area contributed by atoms with E-state index in [9.17, 15) is 8.42 Å². The van der Waals surface area contributed by atoms with E-state index < -0.39 is 10.0 Å². The lowest BCUT2D eigenvalue weighted by molar-refractivity contribution is 0.600. The van der Waals surface area contributed by atoms with Gasteiger partial charge in [0.1, 0.15) is 4.90 Å². The number of rotatable bonds is 4. The van der Waals surface area contributed by atoms with Crippen LogP contribution in [-0.2, 0) is 16.6 Å². The van der Waals surface area contributed by atoms with Crippen LogP contribution in [0.4, 0.5) is 5.69 Å². The Labute approximate surface area is 96.5 Å². The van der Waals surface area contributed by atoms with Crippen molar-refractivity contribution in [3.8, 4) is 0 Å². The normalized spacial score (nSPS) is 11.6. The Morgan fingerprint density at radius 3 is 3.00 bits per heavy atom. The molecule has 0 aliphatic rings. The molecule has 0 bridgehead atoms. The van der Waals surface area contributed by atoms with Crippen molar-refractivity contribution in [2.75, 3.05) is 4.72 Å². The predicted molar refractivity (Wildman–Crippen MR) is 61.6 cm³/mol. The highest BCUT2D eigenvalue weighted by Gasteiger charge is 2.19. The molecular formula is C8H10N4O2S2. The van der Waals surface area contributed by atoms with E-state index in [4.69, 9.17) is 5.73 Å². The number of H-pyrrole nitrogens is 1. The van der Waals surface area contributed by atoms with Crippen LogP contribution in [-0.4, -0.2) is 18.6 Å². The van der Waals surface area contributed by atoms with Crippen LogP contribution in [0.25, 0.3) is 0 Å². The first-order valence-electron chi connectivity index (χ1n) is 4.41. The number of thiophene rings is 1. The fourth-order valence-corrected chi connectivity index (χ4v) is 3.60. The maximum absolute atomic E-state index is 11.9. The summed E-state index contributed by atoms with van der Waals surface area (Å²) in [5.74, 6) is 0. The molecule has 2 aromatic heterocycles. The van der Waals surface area contributed by atoms with Gasteiger partial charge in [-0.2, -0.15) is 5.10 Å². The molecule has 0 atom stereocenters. The number of aromatic amines is 1. The van der Waals surface area contributed by atoms with Gasteiger partial charge in [-0.15, -0.1) is 11.3 Å². The van der Waals surface area contributed by atoms with Crippen molar-refractivity contribution in [2.24, 2.45) is 5.73 Å². The second-order valence-corrected chi connectivity index (χ2v) is 5.66. The molecule has 6 nitrogen and oxygen atoms in total. The summed E-state index contributed by atoms with van der Waals surface area (Å²) in [5, 5.41) is 7.88. The Morgan fingerprint density at radius 2 is 2.38 bits per heavy atom. The molecule has 86 valence electrons. The summed E-state index contributed by atoms with van der Waals surface area (Å²) in [6.45, 7) is 0.208. The second kappa shape index (κ2) is 4.24. The summed E-state index contributed by atoms with van der Waals surface area (Å²) in [4.78, 5) is 0.859. The van der Waals surface area contributed by atoms with Gasteiger partial charge in [0.15, 0.2) is 0 Å². The zero-order valence-corrected chi connectivity index (χ0v) is 9.81. The van der Waals surface area contributed by atoms with Crippen molar-refractivity contribution in [1.82, 2.24) is 10.2 Å². The van der Waals surface area contributed by atoms with Crippen LogP contribution in [0.2, 0.25) is 0 Å². The van der Waals surface area contributed by atoms with Crippen LogP contribution < -0.4 is 10.5 Å². The largest absolute Gasteiger partial charge is 0.326 e. The van der Waals surface area contributed by atoms with Gasteiger partial charge in [0, 0.05) is 17.6 Å². The molecule has 0 unspecified atom stereocenters. The standard InChI is InChI=1S/C8H10N4O2S2/c9-3-7-8(1-2-15-7)16(13,14)12-6-4-10-11-5-6/h1-2,4-5,12H,3,9H2,(H,10,11). The molecular weight excluding hydrogens is 248 g/mol. The number of hydrogen-bond donors (Lipinski definition) is 3. The van der Waals surface area contributed by atoms with E-state index in [-0.39, 0.29) is 11.4 Å². The molecule has 0 radical (unpaired) electrons. The third-order valence-corrected chi connectivity index (χ3v) is 4.47. The topological polar surface area (TPSA) is 101 Å². The average Bonchev–Trinajstić information content (AvgIpc) is 2.85.